The number of hydrogen-bond donors (Lipinski definition) is 2. The van der Waals surface area contributed by atoms with Crippen molar-refractivity contribution in [1.82, 2.24) is 14.8 Å². The average molecular weight is 224 g/mol. The summed E-state index contributed by atoms with van der Waals surface area (Å²) in [7, 11) is 1.73. The van der Waals surface area contributed by atoms with Gasteiger partial charge < -0.3 is 11.1 Å². The van der Waals surface area contributed by atoms with Gasteiger partial charge in [-0.1, -0.05) is 23.7 Å². The third-order valence-electron chi connectivity index (χ3n) is 1.94. The zero-order valence-corrected chi connectivity index (χ0v) is 8.86. The number of para-hydroxylation sites is 1. The van der Waals surface area contributed by atoms with Crippen molar-refractivity contribution >= 4 is 23.5 Å². The molecule has 1 heterocycles. The van der Waals surface area contributed by atoms with Crippen LogP contribution in [0.4, 0.5) is 11.9 Å². The van der Waals surface area contributed by atoms with Crippen LogP contribution in [0.1, 0.15) is 0 Å². The van der Waals surface area contributed by atoms with Crippen molar-refractivity contribution < 1.29 is 0 Å². The summed E-state index contributed by atoms with van der Waals surface area (Å²) in [6.45, 7) is 0. The minimum absolute atomic E-state index is 0.299. The van der Waals surface area contributed by atoms with Crippen LogP contribution in [-0.4, -0.2) is 21.8 Å². The lowest BCUT2D eigenvalue weighted by atomic mass is 10.3. The van der Waals surface area contributed by atoms with E-state index in [1.165, 1.54) is 4.68 Å². The molecule has 0 radical (unpaired) electrons. The highest BCUT2D eigenvalue weighted by Crippen LogP contribution is 2.21. The smallest absolute Gasteiger partial charge is 0.244 e. The Labute approximate surface area is 91.9 Å². The topological polar surface area (TPSA) is 68.8 Å². The molecular weight excluding hydrogens is 214 g/mol. The second-order valence-electron chi connectivity index (χ2n) is 2.91. The molecule has 0 atom stereocenters. The van der Waals surface area contributed by atoms with E-state index in [0.717, 1.165) is 0 Å². The molecule has 6 heteroatoms. The fourth-order valence-corrected chi connectivity index (χ4v) is 1.45. The van der Waals surface area contributed by atoms with Crippen LogP contribution in [0.25, 0.3) is 5.69 Å². The van der Waals surface area contributed by atoms with E-state index < -0.39 is 0 Å². The van der Waals surface area contributed by atoms with E-state index in [0.29, 0.717) is 22.6 Å². The number of nitrogens with zero attached hydrogens (tertiary/aromatic N) is 3. The standard InChI is InChI=1S/C9H10ClN5/c1-12-9-13-8(11)15(14-9)7-5-3-2-4-6(7)10/h2-5H,1H3,(H3,11,12,13,14). The first-order valence-electron chi connectivity index (χ1n) is 4.37. The van der Waals surface area contributed by atoms with Gasteiger partial charge >= 0.3 is 0 Å². The molecule has 5 nitrogen and oxygen atoms in total. The Balaban J connectivity index is 2.54. The van der Waals surface area contributed by atoms with Gasteiger partial charge in [0.25, 0.3) is 0 Å². The van der Waals surface area contributed by atoms with Gasteiger partial charge in [0, 0.05) is 7.05 Å². The van der Waals surface area contributed by atoms with E-state index in [9.17, 15) is 0 Å². The average Bonchev–Trinajstić information content (AvgIpc) is 2.60. The first kappa shape index (κ1) is 9.79. The van der Waals surface area contributed by atoms with E-state index in [4.69, 9.17) is 17.3 Å². The number of rotatable bonds is 2. The van der Waals surface area contributed by atoms with Crippen molar-refractivity contribution in [2.45, 2.75) is 0 Å². The first-order chi connectivity index (χ1) is 7.22. The van der Waals surface area contributed by atoms with E-state index in [1.807, 2.05) is 18.2 Å². The van der Waals surface area contributed by atoms with Crippen molar-refractivity contribution in [2.24, 2.45) is 0 Å². The van der Waals surface area contributed by atoms with Crippen LogP contribution in [-0.2, 0) is 0 Å². The molecule has 0 fully saturated rings. The summed E-state index contributed by atoms with van der Waals surface area (Å²) in [5, 5.41) is 7.54. The fourth-order valence-electron chi connectivity index (χ4n) is 1.23. The number of nitrogens with two attached hydrogens (primary N) is 1. The summed E-state index contributed by atoms with van der Waals surface area (Å²) in [5.41, 5.74) is 6.42. The van der Waals surface area contributed by atoms with Crippen LogP contribution in [0.15, 0.2) is 24.3 Å². The zero-order chi connectivity index (χ0) is 10.8. The van der Waals surface area contributed by atoms with E-state index in [1.54, 1.807) is 13.1 Å². The molecule has 0 aliphatic rings. The van der Waals surface area contributed by atoms with Gasteiger partial charge in [-0.25, -0.2) is 0 Å². The van der Waals surface area contributed by atoms with Crippen LogP contribution in [0.3, 0.4) is 0 Å². The quantitative estimate of drug-likeness (QED) is 0.811. The van der Waals surface area contributed by atoms with Crippen molar-refractivity contribution in [3.8, 4) is 5.69 Å². The highest BCUT2D eigenvalue weighted by Gasteiger charge is 2.09. The Hall–Kier alpha value is -1.75. The molecule has 2 aromatic rings. The molecule has 1 aromatic heterocycles. The van der Waals surface area contributed by atoms with Crippen LogP contribution < -0.4 is 11.1 Å². The lowest BCUT2D eigenvalue weighted by molar-refractivity contribution is 0.893. The highest BCUT2D eigenvalue weighted by atomic mass is 35.5. The fraction of sp³-hybridized carbons (Fsp3) is 0.111. The number of aromatic nitrogens is 3. The monoisotopic (exact) mass is 223 g/mol. The molecule has 1 aromatic carbocycles. The van der Waals surface area contributed by atoms with Gasteiger partial charge in [-0.3, -0.25) is 0 Å². The van der Waals surface area contributed by atoms with Gasteiger partial charge in [0.1, 0.15) is 0 Å². The number of halogens is 1. The van der Waals surface area contributed by atoms with Crippen molar-refractivity contribution in [3.05, 3.63) is 29.3 Å². The van der Waals surface area contributed by atoms with Gasteiger partial charge in [0.15, 0.2) is 0 Å². The first-order valence-corrected chi connectivity index (χ1v) is 4.75. The second-order valence-corrected chi connectivity index (χ2v) is 3.31. The third-order valence-corrected chi connectivity index (χ3v) is 2.26. The summed E-state index contributed by atoms with van der Waals surface area (Å²) in [5.74, 6) is 0.764. The van der Waals surface area contributed by atoms with Gasteiger partial charge in [0.05, 0.1) is 10.7 Å². The summed E-state index contributed by atoms with van der Waals surface area (Å²) in [6, 6.07) is 7.31. The lowest BCUT2D eigenvalue weighted by Gasteiger charge is -2.03. The van der Waals surface area contributed by atoms with Crippen LogP contribution in [0, 0.1) is 0 Å². The molecule has 0 amide bonds. The maximum atomic E-state index is 6.02. The third kappa shape index (κ3) is 1.73. The Morgan fingerprint density at radius 2 is 2.13 bits per heavy atom. The number of anilines is 2. The Kier molecular flexibility index (Phi) is 2.47. The molecule has 15 heavy (non-hydrogen) atoms. The minimum Gasteiger partial charge on any atom is -0.368 e. The molecule has 3 N–H and O–H groups in total. The number of hydrogen-bond acceptors (Lipinski definition) is 4. The molecular formula is C9H10ClN5. The molecule has 0 spiro atoms. The molecule has 0 bridgehead atoms. The number of nitrogen functional groups attached to an aromatic ring is 1. The Morgan fingerprint density at radius 3 is 2.73 bits per heavy atom. The zero-order valence-electron chi connectivity index (χ0n) is 8.11. The van der Waals surface area contributed by atoms with Crippen molar-refractivity contribution in [2.75, 3.05) is 18.1 Å². The summed E-state index contributed by atoms with van der Waals surface area (Å²) >= 11 is 6.02. The Morgan fingerprint density at radius 1 is 1.40 bits per heavy atom. The van der Waals surface area contributed by atoms with Gasteiger partial charge in [0.2, 0.25) is 11.9 Å². The van der Waals surface area contributed by atoms with Gasteiger partial charge in [-0.05, 0) is 12.1 Å². The maximum absolute atomic E-state index is 6.02. The van der Waals surface area contributed by atoms with E-state index >= 15 is 0 Å². The minimum atomic E-state index is 0.299. The summed E-state index contributed by atoms with van der Waals surface area (Å²) in [6.07, 6.45) is 0. The molecule has 0 aliphatic heterocycles. The summed E-state index contributed by atoms with van der Waals surface area (Å²) in [4.78, 5) is 4.01. The summed E-state index contributed by atoms with van der Waals surface area (Å²) < 4.78 is 1.49. The predicted molar refractivity (Wildman–Crippen MR) is 60.3 cm³/mol. The molecule has 0 aliphatic carbocycles. The van der Waals surface area contributed by atoms with E-state index in [2.05, 4.69) is 15.4 Å². The Bertz CT molecular complexity index is 479. The lowest BCUT2D eigenvalue weighted by Crippen LogP contribution is -2.02. The molecule has 0 saturated heterocycles. The molecule has 78 valence electrons. The van der Waals surface area contributed by atoms with Gasteiger partial charge in [-0.2, -0.15) is 9.67 Å². The second kappa shape index (κ2) is 3.78. The van der Waals surface area contributed by atoms with Gasteiger partial charge in [-0.15, -0.1) is 5.10 Å². The van der Waals surface area contributed by atoms with Crippen molar-refractivity contribution in [3.63, 3.8) is 0 Å². The highest BCUT2D eigenvalue weighted by molar-refractivity contribution is 6.32. The van der Waals surface area contributed by atoms with Crippen LogP contribution in [0.2, 0.25) is 5.02 Å². The predicted octanol–water partition coefficient (Wildman–Crippen LogP) is 1.54. The molecule has 0 saturated carbocycles. The molecule has 0 unspecified atom stereocenters. The number of benzene rings is 1. The van der Waals surface area contributed by atoms with Crippen molar-refractivity contribution in [1.29, 1.82) is 0 Å². The maximum Gasteiger partial charge on any atom is 0.244 e. The van der Waals surface area contributed by atoms with Crippen LogP contribution >= 0.6 is 11.6 Å². The SMILES string of the molecule is CNc1nc(N)n(-c2ccccc2Cl)n1. The normalized spacial score (nSPS) is 10.3. The van der Waals surface area contributed by atoms with Crippen LogP contribution in [0.5, 0.6) is 0 Å². The number of nitrogens with one attached hydrogen (secondary N) is 1. The molecule has 2 rings (SSSR count). The van der Waals surface area contributed by atoms with E-state index in [-0.39, 0.29) is 0 Å². The largest absolute Gasteiger partial charge is 0.368 e.